The van der Waals surface area contributed by atoms with Gasteiger partial charge in [0.05, 0.1) is 5.56 Å². The summed E-state index contributed by atoms with van der Waals surface area (Å²) in [5.41, 5.74) is 1.43. The van der Waals surface area contributed by atoms with Crippen molar-refractivity contribution in [3.8, 4) is 11.5 Å². The normalized spacial score (nSPS) is 10.1. The summed E-state index contributed by atoms with van der Waals surface area (Å²) in [7, 11) is 0. The SMILES string of the molecule is CCNC(=O)c1cccc(NC(=S)NC(=O)c2ccccc2OCCOc2ccccc2)c1. The number of ether oxygens (including phenoxy) is 2. The molecule has 8 heteroatoms. The fourth-order valence-electron chi connectivity index (χ4n) is 2.94. The Morgan fingerprint density at radius 1 is 0.848 bits per heavy atom. The zero-order chi connectivity index (χ0) is 23.5. The van der Waals surface area contributed by atoms with Crippen LogP contribution in [0.3, 0.4) is 0 Å². The minimum absolute atomic E-state index is 0.107. The number of para-hydroxylation sites is 2. The molecule has 3 aromatic carbocycles. The van der Waals surface area contributed by atoms with Gasteiger partial charge in [-0.2, -0.15) is 0 Å². The Morgan fingerprint density at radius 2 is 1.58 bits per heavy atom. The van der Waals surface area contributed by atoms with Gasteiger partial charge in [0, 0.05) is 17.8 Å². The minimum Gasteiger partial charge on any atom is -0.490 e. The van der Waals surface area contributed by atoms with E-state index in [-0.39, 0.29) is 17.6 Å². The third-order valence-electron chi connectivity index (χ3n) is 4.43. The third-order valence-corrected chi connectivity index (χ3v) is 4.64. The maximum atomic E-state index is 12.8. The second-order valence-electron chi connectivity index (χ2n) is 6.85. The molecule has 0 aliphatic rings. The number of benzene rings is 3. The highest BCUT2D eigenvalue weighted by Gasteiger charge is 2.14. The van der Waals surface area contributed by atoms with Crippen LogP contribution in [0.25, 0.3) is 0 Å². The van der Waals surface area contributed by atoms with Gasteiger partial charge in [0.25, 0.3) is 11.8 Å². The molecular weight excluding hydrogens is 438 g/mol. The Hall–Kier alpha value is -3.91. The van der Waals surface area contributed by atoms with Gasteiger partial charge >= 0.3 is 0 Å². The van der Waals surface area contributed by atoms with Crippen molar-refractivity contribution < 1.29 is 19.1 Å². The maximum absolute atomic E-state index is 12.8. The van der Waals surface area contributed by atoms with Crippen molar-refractivity contribution in [1.29, 1.82) is 0 Å². The van der Waals surface area contributed by atoms with Gasteiger partial charge in [0.1, 0.15) is 24.7 Å². The minimum atomic E-state index is -0.410. The molecule has 0 spiro atoms. The summed E-state index contributed by atoms with van der Waals surface area (Å²) in [6, 6.07) is 23.2. The van der Waals surface area contributed by atoms with Gasteiger partial charge in [-0.15, -0.1) is 0 Å². The summed E-state index contributed by atoms with van der Waals surface area (Å²) in [6.07, 6.45) is 0. The summed E-state index contributed by atoms with van der Waals surface area (Å²) < 4.78 is 11.4. The van der Waals surface area contributed by atoms with E-state index in [9.17, 15) is 9.59 Å². The molecule has 7 nitrogen and oxygen atoms in total. The van der Waals surface area contributed by atoms with Crippen molar-refractivity contribution in [1.82, 2.24) is 10.6 Å². The molecule has 3 N–H and O–H groups in total. The van der Waals surface area contributed by atoms with Gasteiger partial charge in [-0.05, 0) is 61.6 Å². The first-order chi connectivity index (χ1) is 16.1. The van der Waals surface area contributed by atoms with Gasteiger partial charge in [-0.25, -0.2) is 0 Å². The number of thiocarbonyl (C=S) groups is 1. The second-order valence-corrected chi connectivity index (χ2v) is 7.26. The van der Waals surface area contributed by atoms with Crippen LogP contribution in [0.4, 0.5) is 5.69 Å². The molecule has 0 heterocycles. The Kier molecular flexibility index (Phi) is 8.79. The van der Waals surface area contributed by atoms with E-state index in [1.165, 1.54) is 0 Å². The second kappa shape index (κ2) is 12.2. The van der Waals surface area contributed by atoms with Crippen molar-refractivity contribution in [2.24, 2.45) is 0 Å². The highest BCUT2D eigenvalue weighted by molar-refractivity contribution is 7.80. The van der Waals surface area contributed by atoms with Crippen LogP contribution in [0.15, 0.2) is 78.9 Å². The predicted molar refractivity (Wildman–Crippen MR) is 132 cm³/mol. The molecule has 3 rings (SSSR count). The van der Waals surface area contributed by atoms with Crippen LogP contribution in [-0.4, -0.2) is 36.7 Å². The highest BCUT2D eigenvalue weighted by atomic mass is 32.1. The van der Waals surface area contributed by atoms with E-state index >= 15 is 0 Å². The Morgan fingerprint density at radius 3 is 2.36 bits per heavy atom. The van der Waals surface area contributed by atoms with Crippen molar-refractivity contribution in [2.75, 3.05) is 25.1 Å². The molecule has 0 saturated carbocycles. The fourth-order valence-corrected chi connectivity index (χ4v) is 3.15. The van der Waals surface area contributed by atoms with Crippen molar-refractivity contribution in [3.63, 3.8) is 0 Å². The summed E-state index contributed by atoms with van der Waals surface area (Å²) in [6.45, 7) is 2.99. The maximum Gasteiger partial charge on any atom is 0.261 e. The molecule has 0 saturated heterocycles. The number of hydrogen-bond acceptors (Lipinski definition) is 5. The summed E-state index contributed by atoms with van der Waals surface area (Å²) in [4.78, 5) is 24.8. The first kappa shape index (κ1) is 23.7. The predicted octanol–water partition coefficient (Wildman–Crippen LogP) is 4.02. The van der Waals surface area contributed by atoms with Crippen LogP contribution >= 0.6 is 12.2 Å². The van der Waals surface area contributed by atoms with Crippen molar-refractivity contribution in [2.45, 2.75) is 6.92 Å². The lowest BCUT2D eigenvalue weighted by molar-refractivity contribution is 0.0952. The number of nitrogens with one attached hydrogen (secondary N) is 3. The lowest BCUT2D eigenvalue weighted by Gasteiger charge is -2.14. The van der Waals surface area contributed by atoms with Crippen LogP contribution in [0.5, 0.6) is 11.5 Å². The molecule has 0 fully saturated rings. The number of rotatable bonds is 9. The van der Waals surface area contributed by atoms with E-state index in [2.05, 4.69) is 16.0 Å². The standard InChI is InChI=1S/C25H25N3O4S/c1-2-26-23(29)18-9-8-10-19(17-18)27-25(33)28-24(30)21-13-6-7-14-22(21)32-16-15-31-20-11-4-3-5-12-20/h3-14,17H,2,15-16H2,1H3,(H,26,29)(H2,27,28,30,33). The van der Waals surface area contributed by atoms with Crippen LogP contribution in [0, 0.1) is 0 Å². The molecule has 33 heavy (non-hydrogen) atoms. The lowest BCUT2D eigenvalue weighted by Crippen LogP contribution is -2.34. The van der Waals surface area contributed by atoms with E-state index in [0.29, 0.717) is 35.7 Å². The molecule has 0 aliphatic carbocycles. The Bertz CT molecular complexity index is 1110. The number of hydrogen-bond donors (Lipinski definition) is 3. The third kappa shape index (κ3) is 7.33. The molecule has 0 aliphatic heterocycles. The summed E-state index contributed by atoms with van der Waals surface area (Å²) in [5.74, 6) is 0.581. The topological polar surface area (TPSA) is 88.7 Å². The van der Waals surface area contributed by atoms with E-state index < -0.39 is 5.91 Å². The molecule has 3 aromatic rings. The van der Waals surface area contributed by atoms with E-state index in [1.807, 2.05) is 37.3 Å². The summed E-state index contributed by atoms with van der Waals surface area (Å²) >= 11 is 5.27. The zero-order valence-electron chi connectivity index (χ0n) is 18.2. The van der Waals surface area contributed by atoms with Crippen LogP contribution in [0.1, 0.15) is 27.6 Å². The number of carbonyl (C=O) groups is 2. The van der Waals surface area contributed by atoms with Gasteiger partial charge < -0.3 is 20.1 Å². The zero-order valence-corrected chi connectivity index (χ0v) is 19.0. The average molecular weight is 464 g/mol. The smallest absolute Gasteiger partial charge is 0.261 e. The number of carbonyl (C=O) groups excluding carboxylic acids is 2. The Balaban J connectivity index is 1.55. The van der Waals surface area contributed by atoms with Crippen LogP contribution in [0.2, 0.25) is 0 Å². The van der Waals surface area contributed by atoms with Crippen LogP contribution in [-0.2, 0) is 0 Å². The number of amides is 2. The fraction of sp³-hybridized carbons (Fsp3) is 0.160. The Labute approximate surface area is 198 Å². The van der Waals surface area contributed by atoms with Gasteiger partial charge in [0.2, 0.25) is 0 Å². The van der Waals surface area contributed by atoms with Crippen LogP contribution < -0.4 is 25.4 Å². The highest BCUT2D eigenvalue weighted by Crippen LogP contribution is 2.18. The van der Waals surface area contributed by atoms with Gasteiger partial charge in [0.15, 0.2) is 5.11 Å². The molecular formula is C25H25N3O4S. The molecule has 0 atom stereocenters. The van der Waals surface area contributed by atoms with E-state index in [4.69, 9.17) is 21.7 Å². The van der Waals surface area contributed by atoms with Crippen molar-refractivity contribution >= 4 is 34.8 Å². The monoisotopic (exact) mass is 463 g/mol. The quantitative estimate of drug-likeness (QED) is 0.328. The first-order valence-electron chi connectivity index (χ1n) is 10.5. The molecule has 0 bridgehead atoms. The summed E-state index contributed by atoms with van der Waals surface area (Å²) in [5, 5.41) is 8.42. The molecule has 2 amide bonds. The van der Waals surface area contributed by atoms with Gasteiger partial charge in [-0.1, -0.05) is 36.4 Å². The van der Waals surface area contributed by atoms with E-state index in [0.717, 1.165) is 5.75 Å². The van der Waals surface area contributed by atoms with Gasteiger partial charge in [-0.3, -0.25) is 14.9 Å². The first-order valence-corrected chi connectivity index (χ1v) is 10.9. The van der Waals surface area contributed by atoms with Crippen molar-refractivity contribution in [3.05, 3.63) is 90.0 Å². The molecule has 170 valence electrons. The molecule has 0 radical (unpaired) electrons. The largest absolute Gasteiger partial charge is 0.490 e. The average Bonchev–Trinajstić information content (AvgIpc) is 2.83. The molecule has 0 aromatic heterocycles. The molecule has 0 unspecified atom stereocenters. The number of anilines is 1. The van der Waals surface area contributed by atoms with E-state index in [1.54, 1.807) is 48.5 Å². The lowest BCUT2D eigenvalue weighted by atomic mass is 10.2.